The van der Waals surface area contributed by atoms with Crippen molar-refractivity contribution in [2.24, 2.45) is 0 Å². The van der Waals surface area contributed by atoms with Crippen LogP contribution in [0.1, 0.15) is 17.5 Å². The van der Waals surface area contributed by atoms with Gasteiger partial charge in [0.25, 0.3) is 0 Å². The molecule has 0 saturated carbocycles. The number of carboxylic acids is 1. The zero-order valence-corrected chi connectivity index (χ0v) is 13.3. The number of hydrogen-bond acceptors (Lipinski definition) is 2. The maximum Gasteiger partial charge on any atom is 0.326 e. The van der Waals surface area contributed by atoms with Crippen LogP contribution in [0.2, 0.25) is 5.02 Å². The first-order chi connectivity index (χ1) is 11.0. The van der Waals surface area contributed by atoms with Crippen LogP contribution in [-0.4, -0.2) is 23.0 Å². The molecule has 120 valence electrons. The predicted octanol–water partition coefficient (Wildman–Crippen LogP) is 3.08. The van der Waals surface area contributed by atoms with E-state index < -0.39 is 12.0 Å². The largest absolute Gasteiger partial charge is 0.480 e. The zero-order chi connectivity index (χ0) is 16.7. The summed E-state index contributed by atoms with van der Waals surface area (Å²) in [4.78, 5) is 23.3. The summed E-state index contributed by atoms with van der Waals surface area (Å²) in [6.45, 7) is 0. The molecule has 0 saturated heterocycles. The minimum atomic E-state index is -1.04. The van der Waals surface area contributed by atoms with Crippen LogP contribution in [0.15, 0.2) is 54.6 Å². The predicted molar refractivity (Wildman–Crippen MR) is 89.5 cm³/mol. The van der Waals surface area contributed by atoms with Gasteiger partial charge in [0.05, 0.1) is 0 Å². The van der Waals surface area contributed by atoms with Gasteiger partial charge in [-0.2, -0.15) is 0 Å². The van der Waals surface area contributed by atoms with Crippen molar-refractivity contribution >= 4 is 23.5 Å². The van der Waals surface area contributed by atoms with E-state index in [4.69, 9.17) is 11.6 Å². The van der Waals surface area contributed by atoms with Crippen LogP contribution in [0.25, 0.3) is 0 Å². The molecule has 1 unspecified atom stereocenters. The summed E-state index contributed by atoms with van der Waals surface area (Å²) < 4.78 is 0. The Morgan fingerprint density at radius 2 is 1.74 bits per heavy atom. The molecule has 0 aliphatic rings. The topological polar surface area (TPSA) is 66.4 Å². The van der Waals surface area contributed by atoms with Gasteiger partial charge in [0.1, 0.15) is 6.04 Å². The fourth-order valence-electron chi connectivity index (χ4n) is 2.27. The molecule has 0 aliphatic carbocycles. The second-order valence-corrected chi connectivity index (χ2v) is 5.71. The van der Waals surface area contributed by atoms with Crippen molar-refractivity contribution < 1.29 is 14.7 Å². The minimum absolute atomic E-state index is 0.221. The Kier molecular flexibility index (Phi) is 6.18. The smallest absolute Gasteiger partial charge is 0.326 e. The van der Waals surface area contributed by atoms with E-state index in [-0.39, 0.29) is 18.7 Å². The quantitative estimate of drug-likeness (QED) is 0.819. The summed E-state index contributed by atoms with van der Waals surface area (Å²) in [7, 11) is 0. The van der Waals surface area contributed by atoms with Crippen LogP contribution in [-0.2, 0) is 22.4 Å². The molecule has 0 spiro atoms. The normalized spacial score (nSPS) is 11.7. The van der Waals surface area contributed by atoms with Gasteiger partial charge < -0.3 is 10.4 Å². The second-order valence-electron chi connectivity index (χ2n) is 5.28. The summed E-state index contributed by atoms with van der Waals surface area (Å²) in [6, 6.07) is 15.6. The summed E-state index contributed by atoms with van der Waals surface area (Å²) in [5.74, 6) is -1.32. The molecule has 1 atom stereocenters. The highest BCUT2D eigenvalue weighted by Gasteiger charge is 2.20. The third-order valence-electron chi connectivity index (χ3n) is 3.45. The molecule has 0 fully saturated rings. The molecule has 2 rings (SSSR count). The lowest BCUT2D eigenvalue weighted by atomic mass is 10.1. The van der Waals surface area contributed by atoms with Crippen molar-refractivity contribution in [3.8, 4) is 0 Å². The van der Waals surface area contributed by atoms with Gasteiger partial charge in [0, 0.05) is 17.9 Å². The summed E-state index contributed by atoms with van der Waals surface area (Å²) in [6.07, 6.45) is 1.00. The number of halogens is 1. The number of hydrogen-bond donors (Lipinski definition) is 2. The highest BCUT2D eigenvalue weighted by atomic mass is 35.5. The maximum atomic E-state index is 12.0. The van der Waals surface area contributed by atoms with E-state index in [1.54, 1.807) is 12.1 Å². The molecule has 2 aromatic rings. The van der Waals surface area contributed by atoms with Gasteiger partial charge in [0.15, 0.2) is 0 Å². The van der Waals surface area contributed by atoms with E-state index in [1.807, 2.05) is 42.5 Å². The Morgan fingerprint density at radius 3 is 2.39 bits per heavy atom. The van der Waals surface area contributed by atoms with Crippen molar-refractivity contribution in [2.45, 2.75) is 25.3 Å². The first-order valence-corrected chi connectivity index (χ1v) is 7.73. The number of carbonyl (C=O) groups is 2. The van der Waals surface area contributed by atoms with Crippen LogP contribution in [0, 0.1) is 0 Å². The monoisotopic (exact) mass is 331 g/mol. The molecule has 0 aromatic heterocycles. The molecular weight excluding hydrogens is 314 g/mol. The third kappa shape index (κ3) is 5.75. The lowest BCUT2D eigenvalue weighted by Gasteiger charge is -2.14. The van der Waals surface area contributed by atoms with Crippen molar-refractivity contribution in [2.75, 3.05) is 0 Å². The van der Waals surface area contributed by atoms with Crippen LogP contribution >= 0.6 is 11.6 Å². The highest BCUT2D eigenvalue weighted by molar-refractivity contribution is 6.30. The maximum absolute atomic E-state index is 12.0. The van der Waals surface area contributed by atoms with Gasteiger partial charge >= 0.3 is 5.97 Å². The van der Waals surface area contributed by atoms with E-state index in [2.05, 4.69) is 5.32 Å². The summed E-state index contributed by atoms with van der Waals surface area (Å²) in [5.41, 5.74) is 1.82. The fourth-order valence-corrected chi connectivity index (χ4v) is 2.48. The molecule has 2 N–H and O–H groups in total. The molecule has 1 amide bonds. The van der Waals surface area contributed by atoms with Gasteiger partial charge in [-0.25, -0.2) is 4.79 Å². The van der Waals surface area contributed by atoms with Crippen molar-refractivity contribution in [1.82, 2.24) is 5.32 Å². The van der Waals surface area contributed by atoms with E-state index in [9.17, 15) is 14.7 Å². The van der Waals surface area contributed by atoms with Crippen molar-refractivity contribution in [3.63, 3.8) is 0 Å². The molecule has 0 aliphatic heterocycles. The number of rotatable bonds is 7. The first kappa shape index (κ1) is 17.0. The number of carboxylic acid groups (broad SMARTS) is 1. The number of nitrogens with one attached hydrogen (secondary N) is 1. The van der Waals surface area contributed by atoms with E-state index >= 15 is 0 Å². The van der Waals surface area contributed by atoms with Crippen LogP contribution in [0.5, 0.6) is 0 Å². The average Bonchev–Trinajstić information content (AvgIpc) is 2.53. The zero-order valence-electron chi connectivity index (χ0n) is 12.5. The minimum Gasteiger partial charge on any atom is -0.480 e. The lowest BCUT2D eigenvalue weighted by Crippen LogP contribution is -2.42. The number of benzene rings is 2. The molecule has 5 heteroatoms. The highest BCUT2D eigenvalue weighted by Crippen LogP contribution is 2.12. The Labute approximate surface area is 140 Å². The average molecular weight is 332 g/mol. The third-order valence-corrected chi connectivity index (χ3v) is 3.68. The van der Waals surface area contributed by atoms with E-state index in [1.165, 1.54) is 0 Å². The first-order valence-electron chi connectivity index (χ1n) is 7.35. The van der Waals surface area contributed by atoms with Gasteiger partial charge in [-0.05, 0) is 29.7 Å². The standard InChI is InChI=1S/C18H18ClNO3/c19-15-8-4-7-14(11-15)9-10-17(21)20-16(18(22)23)12-13-5-2-1-3-6-13/h1-8,11,16H,9-10,12H2,(H,20,21)(H,22,23). The summed E-state index contributed by atoms with van der Waals surface area (Å²) in [5, 5.41) is 12.5. The van der Waals surface area contributed by atoms with Gasteiger partial charge in [-0.3, -0.25) is 4.79 Å². The molecule has 0 heterocycles. The molecular formula is C18H18ClNO3. The second kappa shape index (κ2) is 8.34. The molecule has 4 nitrogen and oxygen atoms in total. The van der Waals surface area contributed by atoms with Gasteiger partial charge in [0.2, 0.25) is 5.91 Å². The van der Waals surface area contributed by atoms with Crippen LogP contribution < -0.4 is 5.32 Å². The van der Waals surface area contributed by atoms with Gasteiger partial charge in [-0.15, -0.1) is 0 Å². The molecule has 2 aromatic carbocycles. The molecule has 0 radical (unpaired) electrons. The molecule has 23 heavy (non-hydrogen) atoms. The van der Waals surface area contributed by atoms with Crippen LogP contribution in [0.4, 0.5) is 0 Å². The summed E-state index contributed by atoms with van der Waals surface area (Å²) >= 11 is 5.90. The number of aryl methyl sites for hydroxylation is 1. The Hall–Kier alpha value is -2.33. The van der Waals surface area contributed by atoms with Gasteiger partial charge in [-0.1, -0.05) is 54.1 Å². The van der Waals surface area contributed by atoms with E-state index in [0.29, 0.717) is 11.4 Å². The molecule has 0 bridgehead atoms. The lowest BCUT2D eigenvalue weighted by molar-refractivity contribution is -0.141. The van der Waals surface area contributed by atoms with E-state index in [0.717, 1.165) is 11.1 Å². The Morgan fingerprint density at radius 1 is 1.04 bits per heavy atom. The van der Waals surface area contributed by atoms with Crippen molar-refractivity contribution in [1.29, 1.82) is 0 Å². The number of amides is 1. The van der Waals surface area contributed by atoms with Crippen LogP contribution in [0.3, 0.4) is 0 Å². The fraction of sp³-hybridized carbons (Fsp3) is 0.222. The SMILES string of the molecule is O=C(CCc1cccc(Cl)c1)NC(Cc1ccccc1)C(=O)O. The Balaban J connectivity index is 1.89. The number of carbonyl (C=O) groups excluding carboxylic acids is 1. The van der Waals surface area contributed by atoms with Crippen molar-refractivity contribution in [3.05, 3.63) is 70.7 Å². The number of aliphatic carboxylic acids is 1. The Bertz CT molecular complexity index is 673.